The molecule has 0 aliphatic rings. The lowest BCUT2D eigenvalue weighted by atomic mass is 10.2. The highest BCUT2D eigenvalue weighted by Crippen LogP contribution is 2.09. The second kappa shape index (κ2) is 5.08. The number of carboxylic acid groups (broad SMARTS) is 1. The molecule has 96 valence electrons. The van der Waals surface area contributed by atoms with Gasteiger partial charge in [0.15, 0.2) is 0 Å². The zero-order chi connectivity index (χ0) is 13.8. The van der Waals surface area contributed by atoms with Gasteiger partial charge in [-0.3, -0.25) is 14.6 Å². The first-order chi connectivity index (χ1) is 9.06. The molecule has 0 saturated heterocycles. The maximum Gasteiger partial charge on any atom is 0.337 e. The average Bonchev–Trinajstić information content (AvgIpc) is 2.39. The van der Waals surface area contributed by atoms with E-state index in [2.05, 4.69) is 20.3 Å². The molecule has 0 saturated carbocycles. The number of rotatable bonds is 3. The molecule has 8 heteroatoms. The topological polar surface area (TPSA) is 125 Å². The highest BCUT2D eigenvalue weighted by molar-refractivity contribution is 6.03. The number of pyridine rings is 1. The molecule has 19 heavy (non-hydrogen) atoms. The minimum Gasteiger partial charge on any atom is -0.478 e. The standard InChI is InChI=1S/C11H8N4O4/c16-9-5-13-8(4-14-9)10(17)15-7-1-6(11(18)19)2-12-3-7/h1-5H,(H,14,16)(H,15,17)(H,18,19). The van der Waals surface area contributed by atoms with Crippen molar-refractivity contribution in [3.8, 4) is 0 Å². The molecule has 0 spiro atoms. The number of nitrogens with one attached hydrogen (secondary N) is 2. The number of aromatic amines is 1. The van der Waals surface area contributed by atoms with Crippen molar-refractivity contribution in [2.75, 3.05) is 5.32 Å². The van der Waals surface area contributed by atoms with E-state index in [-0.39, 0.29) is 16.9 Å². The number of H-pyrrole nitrogens is 1. The number of aromatic carboxylic acids is 1. The van der Waals surface area contributed by atoms with Gasteiger partial charge in [0.05, 0.1) is 23.6 Å². The predicted molar refractivity (Wildman–Crippen MR) is 64.0 cm³/mol. The quantitative estimate of drug-likeness (QED) is 0.719. The summed E-state index contributed by atoms with van der Waals surface area (Å²) in [6, 6.07) is 1.26. The predicted octanol–water partition coefficient (Wildman–Crippen LogP) is 0.115. The van der Waals surface area contributed by atoms with Gasteiger partial charge in [0.1, 0.15) is 5.69 Å². The van der Waals surface area contributed by atoms with Crippen molar-refractivity contribution < 1.29 is 14.7 Å². The summed E-state index contributed by atoms with van der Waals surface area (Å²) in [5.74, 6) is -1.73. The number of aromatic nitrogens is 3. The van der Waals surface area contributed by atoms with Gasteiger partial charge in [-0.1, -0.05) is 0 Å². The van der Waals surface area contributed by atoms with Crippen LogP contribution in [-0.2, 0) is 0 Å². The van der Waals surface area contributed by atoms with Gasteiger partial charge in [0.25, 0.3) is 11.5 Å². The molecule has 0 aromatic carbocycles. The van der Waals surface area contributed by atoms with Crippen molar-refractivity contribution in [1.82, 2.24) is 15.0 Å². The summed E-state index contributed by atoms with van der Waals surface area (Å²) in [6.45, 7) is 0. The number of carbonyl (C=O) groups excluding carboxylic acids is 1. The summed E-state index contributed by atoms with van der Waals surface area (Å²) in [6.07, 6.45) is 4.60. The number of carboxylic acids is 1. The van der Waals surface area contributed by atoms with Gasteiger partial charge in [-0.2, -0.15) is 0 Å². The molecule has 2 aromatic heterocycles. The second-order valence-corrected chi connectivity index (χ2v) is 3.52. The molecule has 0 bridgehead atoms. The summed E-state index contributed by atoms with van der Waals surface area (Å²) in [5, 5.41) is 11.2. The van der Waals surface area contributed by atoms with Crippen LogP contribution in [0.2, 0.25) is 0 Å². The zero-order valence-corrected chi connectivity index (χ0v) is 9.45. The fraction of sp³-hybridized carbons (Fsp3) is 0. The molecule has 1 amide bonds. The Balaban J connectivity index is 2.19. The number of hydrogen-bond donors (Lipinski definition) is 3. The maximum atomic E-state index is 11.7. The molecule has 3 N–H and O–H groups in total. The fourth-order valence-electron chi connectivity index (χ4n) is 1.29. The maximum absolute atomic E-state index is 11.7. The SMILES string of the molecule is O=C(O)c1cncc(NC(=O)c2c[nH]c(=O)cn2)c1. The van der Waals surface area contributed by atoms with E-state index in [0.29, 0.717) is 0 Å². The monoisotopic (exact) mass is 260 g/mol. The van der Waals surface area contributed by atoms with E-state index in [0.717, 1.165) is 18.6 Å². The fourth-order valence-corrected chi connectivity index (χ4v) is 1.29. The van der Waals surface area contributed by atoms with Crippen LogP contribution in [0.4, 0.5) is 5.69 Å². The third kappa shape index (κ3) is 3.00. The summed E-state index contributed by atoms with van der Waals surface area (Å²) in [4.78, 5) is 42.9. The molecule has 0 aliphatic heterocycles. The van der Waals surface area contributed by atoms with Gasteiger partial charge in [0.2, 0.25) is 0 Å². The largest absolute Gasteiger partial charge is 0.478 e. The molecule has 2 heterocycles. The first kappa shape index (κ1) is 12.4. The summed E-state index contributed by atoms with van der Waals surface area (Å²) in [5.41, 5.74) is -0.253. The van der Waals surface area contributed by atoms with Gasteiger partial charge in [-0.05, 0) is 6.07 Å². The van der Waals surface area contributed by atoms with E-state index in [9.17, 15) is 14.4 Å². The first-order valence-electron chi connectivity index (χ1n) is 5.10. The first-order valence-corrected chi connectivity index (χ1v) is 5.10. The number of amides is 1. The lowest BCUT2D eigenvalue weighted by molar-refractivity contribution is 0.0696. The second-order valence-electron chi connectivity index (χ2n) is 3.52. The Morgan fingerprint density at radius 1 is 1.26 bits per heavy atom. The molecular formula is C11H8N4O4. The average molecular weight is 260 g/mol. The van der Waals surface area contributed by atoms with Crippen LogP contribution in [0.1, 0.15) is 20.8 Å². The van der Waals surface area contributed by atoms with Gasteiger partial charge in [-0.15, -0.1) is 0 Å². The Hall–Kier alpha value is -3.03. The number of hydrogen-bond acceptors (Lipinski definition) is 5. The number of anilines is 1. The van der Waals surface area contributed by atoms with E-state index >= 15 is 0 Å². The van der Waals surface area contributed by atoms with E-state index in [1.54, 1.807) is 0 Å². The Morgan fingerprint density at radius 2 is 2.05 bits per heavy atom. The van der Waals surface area contributed by atoms with Crippen LogP contribution >= 0.6 is 0 Å². The van der Waals surface area contributed by atoms with E-state index < -0.39 is 17.4 Å². The molecule has 8 nitrogen and oxygen atoms in total. The van der Waals surface area contributed by atoms with Gasteiger partial charge >= 0.3 is 5.97 Å². The van der Waals surface area contributed by atoms with Crippen molar-refractivity contribution in [2.45, 2.75) is 0 Å². The molecule has 0 atom stereocenters. The van der Waals surface area contributed by atoms with Crippen LogP contribution in [0.25, 0.3) is 0 Å². The van der Waals surface area contributed by atoms with Gasteiger partial charge in [0, 0.05) is 12.4 Å². The van der Waals surface area contributed by atoms with Crippen molar-refractivity contribution >= 4 is 17.6 Å². The third-order valence-electron chi connectivity index (χ3n) is 2.15. The Bertz CT molecular complexity index is 675. The lowest BCUT2D eigenvalue weighted by Crippen LogP contribution is -2.17. The molecule has 2 rings (SSSR count). The molecule has 0 unspecified atom stereocenters. The van der Waals surface area contributed by atoms with Crippen molar-refractivity contribution in [3.05, 3.63) is 52.5 Å². The summed E-state index contributed by atoms with van der Waals surface area (Å²) >= 11 is 0. The van der Waals surface area contributed by atoms with Crippen LogP contribution in [0, 0.1) is 0 Å². The van der Waals surface area contributed by atoms with E-state index in [4.69, 9.17) is 5.11 Å². The minimum atomic E-state index is -1.15. The normalized spacial score (nSPS) is 9.89. The molecule has 2 aromatic rings. The minimum absolute atomic E-state index is 0.000304. The summed E-state index contributed by atoms with van der Waals surface area (Å²) in [7, 11) is 0. The van der Waals surface area contributed by atoms with Crippen LogP contribution in [0.3, 0.4) is 0 Å². The van der Waals surface area contributed by atoms with Crippen LogP contribution in [-0.4, -0.2) is 31.9 Å². The van der Waals surface area contributed by atoms with Crippen LogP contribution in [0.15, 0.2) is 35.6 Å². The highest BCUT2D eigenvalue weighted by atomic mass is 16.4. The highest BCUT2D eigenvalue weighted by Gasteiger charge is 2.10. The lowest BCUT2D eigenvalue weighted by Gasteiger charge is -2.04. The van der Waals surface area contributed by atoms with Crippen molar-refractivity contribution in [1.29, 1.82) is 0 Å². The van der Waals surface area contributed by atoms with Crippen molar-refractivity contribution in [2.24, 2.45) is 0 Å². The van der Waals surface area contributed by atoms with Crippen LogP contribution < -0.4 is 10.9 Å². The Morgan fingerprint density at radius 3 is 2.68 bits per heavy atom. The molecule has 0 aliphatic carbocycles. The van der Waals surface area contributed by atoms with E-state index in [1.807, 2.05) is 0 Å². The molecular weight excluding hydrogens is 252 g/mol. The van der Waals surface area contributed by atoms with Crippen LogP contribution in [0.5, 0.6) is 0 Å². The third-order valence-corrected chi connectivity index (χ3v) is 2.15. The summed E-state index contributed by atoms with van der Waals surface area (Å²) < 4.78 is 0. The smallest absolute Gasteiger partial charge is 0.337 e. The van der Waals surface area contributed by atoms with E-state index in [1.165, 1.54) is 12.3 Å². The van der Waals surface area contributed by atoms with Crippen molar-refractivity contribution in [3.63, 3.8) is 0 Å². The molecule has 0 radical (unpaired) electrons. The van der Waals surface area contributed by atoms with Gasteiger partial charge in [-0.25, -0.2) is 9.78 Å². The van der Waals surface area contributed by atoms with Gasteiger partial charge < -0.3 is 15.4 Å². The zero-order valence-electron chi connectivity index (χ0n) is 9.45. The number of carbonyl (C=O) groups is 2. The molecule has 0 fully saturated rings. The Labute approximate surface area is 106 Å². The Kier molecular flexibility index (Phi) is 3.33. The number of nitrogens with zero attached hydrogens (tertiary/aromatic N) is 2.